The van der Waals surface area contributed by atoms with Gasteiger partial charge in [0.2, 0.25) is 5.91 Å². The fourth-order valence-corrected chi connectivity index (χ4v) is 4.72. The smallest absolute Gasteiger partial charge is 0.339 e. The normalized spacial score (nSPS) is 12.2. The first-order valence-electron chi connectivity index (χ1n) is 10.5. The molecule has 172 valence electrons. The third kappa shape index (κ3) is 4.83. The molecule has 0 atom stereocenters. The molecule has 4 rings (SSSR count). The summed E-state index contributed by atoms with van der Waals surface area (Å²) in [7, 11) is 1.30. The monoisotopic (exact) mass is 467 g/mol. The van der Waals surface area contributed by atoms with Gasteiger partial charge in [-0.2, -0.15) is 0 Å². The number of carbonyl (C=O) groups is 2. The molecule has 33 heavy (non-hydrogen) atoms. The highest BCUT2D eigenvalue weighted by atomic mass is 32.2. The first-order valence-corrected chi connectivity index (χ1v) is 11.5. The third-order valence-electron chi connectivity index (χ3n) is 5.61. The molecule has 8 nitrogen and oxygen atoms in total. The zero-order valence-corrected chi connectivity index (χ0v) is 19.5. The maximum atomic E-state index is 12.5. The number of thioether (sulfide) groups is 1. The second-order valence-electron chi connectivity index (χ2n) is 7.77. The number of amides is 1. The molecule has 1 amide bonds. The molecule has 0 radical (unpaired) electrons. The lowest BCUT2D eigenvalue weighted by molar-refractivity contribution is -0.113. The van der Waals surface area contributed by atoms with Crippen LogP contribution in [-0.2, 0) is 22.5 Å². The van der Waals surface area contributed by atoms with Crippen LogP contribution >= 0.6 is 11.8 Å². The highest BCUT2D eigenvalue weighted by Gasteiger charge is 2.20. The number of methoxy groups -OCH3 is 1. The van der Waals surface area contributed by atoms with E-state index in [9.17, 15) is 14.7 Å². The number of aromatic nitrogens is 2. The number of anilines is 1. The van der Waals surface area contributed by atoms with Crippen LogP contribution in [0.3, 0.4) is 0 Å². The molecule has 3 aromatic rings. The van der Waals surface area contributed by atoms with Crippen LogP contribution in [-0.4, -0.2) is 46.0 Å². The summed E-state index contributed by atoms with van der Waals surface area (Å²) < 4.78 is 12.1. The van der Waals surface area contributed by atoms with Gasteiger partial charge >= 0.3 is 5.97 Å². The number of benzene rings is 1. The summed E-state index contributed by atoms with van der Waals surface area (Å²) in [5.41, 5.74) is 4.28. The van der Waals surface area contributed by atoms with Crippen molar-refractivity contribution in [3.8, 4) is 11.6 Å². The summed E-state index contributed by atoms with van der Waals surface area (Å²) >= 11 is 1.36. The van der Waals surface area contributed by atoms with Crippen LogP contribution in [0.5, 0.6) is 11.6 Å². The van der Waals surface area contributed by atoms with Crippen LogP contribution in [0.15, 0.2) is 41.6 Å². The Bertz CT molecular complexity index is 1200. The largest absolute Gasteiger partial charge is 0.494 e. The highest BCUT2D eigenvalue weighted by molar-refractivity contribution is 8.00. The summed E-state index contributed by atoms with van der Waals surface area (Å²) in [5.74, 6) is 0.882. The van der Waals surface area contributed by atoms with E-state index in [-0.39, 0.29) is 17.5 Å². The zero-order chi connectivity index (χ0) is 23.5. The first-order chi connectivity index (χ1) is 15.9. The van der Waals surface area contributed by atoms with Crippen molar-refractivity contribution in [1.29, 1.82) is 0 Å². The van der Waals surface area contributed by atoms with Crippen molar-refractivity contribution in [2.45, 2.75) is 31.8 Å². The predicted octanol–water partition coefficient (Wildman–Crippen LogP) is 3.71. The molecule has 2 N–H and O–H groups in total. The number of hydrogen-bond acceptors (Lipinski definition) is 7. The lowest BCUT2D eigenvalue weighted by Crippen LogP contribution is -2.16. The maximum Gasteiger partial charge on any atom is 0.339 e. The van der Waals surface area contributed by atoms with Crippen molar-refractivity contribution in [3.63, 3.8) is 0 Å². The number of rotatable bonds is 7. The van der Waals surface area contributed by atoms with E-state index in [1.54, 1.807) is 12.1 Å². The Balaban J connectivity index is 1.45. The van der Waals surface area contributed by atoms with Crippen LogP contribution in [0.25, 0.3) is 0 Å². The van der Waals surface area contributed by atoms with Gasteiger partial charge < -0.3 is 24.5 Å². The number of fused-ring (bicyclic) bond motifs is 1. The number of ether oxygens (including phenoxy) is 2. The lowest BCUT2D eigenvalue weighted by atomic mass is 10.1. The van der Waals surface area contributed by atoms with E-state index in [0.717, 1.165) is 33.9 Å². The van der Waals surface area contributed by atoms with E-state index in [1.165, 1.54) is 30.6 Å². The second-order valence-corrected chi connectivity index (χ2v) is 8.73. The molecule has 1 aromatic carbocycles. The van der Waals surface area contributed by atoms with Gasteiger partial charge in [0.15, 0.2) is 5.88 Å². The topological polar surface area (TPSA) is 103 Å². The van der Waals surface area contributed by atoms with Crippen molar-refractivity contribution in [2.24, 2.45) is 0 Å². The Morgan fingerprint density at radius 1 is 1.24 bits per heavy atom. The minimum Gasteiger partial charge on any atom is -0.494 e. The average molecular weight is 468 g/mol. The molecular weight excluding hydrogens is 442 g/mol. The Hall–Kier alpha value is -3.46. The summed E-state index contributed by atoms with van der Waals surface area (Å²) in [6.45, 7) is 5.00. The van der Waals surface area contributed by atoms with Gasteiger partial charge in [0.05, 0.1) is 36.6 Å². The molecular formula is C24H25N3O5S. The molecule has 1 aliphatic heterocycles. The molecule has 3 heterocycles. The predicted molar refractivity (Wildman–Crippen MR) is 125 cm³/mol. The highest BCUT2D eigenvalue weighted by Crippen LogP contribution is 2.35. The molecule has 0 unspecified atom stereocenters. The van der Waals surface area contributed by atoms with Crippen molar-refractivity contribution >= 4 is 29.5 Å². The molecule has 0 aliphatic carbocycles. The molecule has 9 heteroatoms. The van der Waals surface area contributed by atoms with Gasteiger partial charge in [0.25, 0.3) is 0 Å². The number of esters is 1. The summed E-state index contributed by atoms with van der Waals surface area (Å²) in [6, 6.07) is 9.17. The van der Waals surface area contributed by atoms with Gasteiger partial charge in [-0.05, 0) is 48.7 Å². The average Bonchev–Trinajstić information content (AvgIpc) is 3.36. The number of carbonyl (C=O) groups excluding carboxylic acids is 2. The zero-order valence-electron chi connectivity index (χ0n) is 18.7. The summed E-state index contributed by atoms with van der Waals surface area (Å²) in [6.07, 6.45) is 2.24. The Morgan fingerprint density at radius 2 is 2.06 bits per heavy atom. The first kappa shape index (κ1) is 22.7. The fraction of sp³-hybridized carbons (Fsp3) is 0.292. The molecule has 0 spiro atoms. The van der Waals surface area contributed by atoms with Crippen LogP contribution in [0.4, 0.5) is 5.82 Å². The number of pyridine rings is 1. The second kappa shape index (κ2) is 9.58. The number of nitrogens with zero attached hydrogens (tertiary/aromatic N) is 2. The number of hydrogen-bond donors (Lipinski definition) is 2. The quantitative estimate of drug-likeness (QED) is 0.403. The van der Waals surface area contributed by atoms with Crippen molar-refractivity contribution < 1.29 is 24.2 Å². The van der Waals surface area contributed by atoms with E-state index >= 15 is 0 Å². The number of nitrogens with one attached hydrogen (secondary N) is 1. The van der Waals surface area contributed by atoms with Gasteiger partial charge in [-0.25, -0.2) is 9.78 Å². The minimum atomic E-state index is -0.488. The standard InChI is InChI=1S/C24H25N3O5S/c1-14-15(2)23(27(22(14)29)12-16-4-6-19-17(10-16)8-9-32-19)33-13-21(28)26-20-7-5-18(11-25-20)24(30)31-3/h4-7,10-11,29H,8-9,12-13H2,1-3H3,(H,25,26,28). The Morgan fingerprint density at radius 3 is 2.79 bits per heavy atom. The van der Waals surface area contributed by atoms with Gasteiger partial charge in [-0.15, -0.1) is 0 Å². The molecule has 1 aliphatic rings. The van der Waals surface area contributed by atoms with Crippen molar-refractivity contribution in [1.82, 2.24) is 9.55 Å². The van der Waals surface area contributed by atoms with E-state index in [0.29, 0.717) is 24.5 Å². The molecule has 0 bridgehead atoms. The van der Waals surface area contributed by atoms with E-state index in [4.69, 9.17) is 4.74 Å². The number of aromatic hydroxyl groups is 1. The minimum absolute atomic E-state index is 0.141. The SMILES string of the molecule is COC(=O)c1ccc(NC(=O)CSc2c(C)c(C)c(O)n2Cc2ccc3c(c2)CCO3)nc1. The van der Waals surface area contributed by atoms with E-state index < -0.39 is 5.97 Å². The molecule has 0 fully saturated rings. The third-order valence-corrected chi connectivity index (χ3v) is 6.81. The molecule has 0 saturated carbocycles. The lowest BCUT2D eigenvalue weighted by Gasteiger charge is -2.12. The fourth-order valence-electron chi connectivity index (χ4n) is 3.70. The van der Waals surface area contributed by atoms with Crippen LogP contribution in [0.2, 0.25) is 0 Å². The Labute approximate surface area is 195 Å². The molecule has 2 aromatic heterocycles. The van der Waals surface area contributed by atoms with Crippen LogP contribution < -0.4 is 10.1 Å². The Kier molecular flexibility index (Phi) is 6.60. The van der Waals surface area contributed by atoms with Crippen molar-refractivity contribution in [2.75, 3.05) is 24.8 Å². The molecule has 0 saturated heterocycles. The van der Waals surface area contributed by atoms with Crippen molar-refractivity contribution in [3.05, 3.63) is 64.3 Å². The maximum absolute atomic E-state index is 12.5. The summed E-state index contributed by atoms with van der Waals surface area (Å²) in [4.78, 5) is 28.1. The summed E-state index contributed by atoms with van der Waals surface area (Å²) in [5, 5.41) is 14.3. The van der Waals surface area contributed by atoms with Gasteiger partial charge in [-0.3, -0.25) is 4.79 Å². The van der Waals surface area contributed by atoms with E-state index in [2.05, 4.69) is 21.1 Å². The van der Waals surface area contributed by atoms with Gasteiger partial charge in [0, 0.05) is 18.2 Å². The van der Waals surface area contributed by atoms with Crippen LogP contribution in [0.1, 0.15) is 32.6 Å². The van der Waals surface area contributed by atoms with Gasteiger partial charge in [0.1, 0.15) is 11.6 Å². The van der Waals surface area contributed by atoms with Crippen LogP contribution in [0, 0.1) is 13.8 Å². The van der Waals surface area contributed by atoms with E-state index in [1.807, 2.05) is 30.5 Å². The van der Waals surface area contributed by atoms with Gasteiger partial charge in [-0.1, -0.05) is 23.9 Å².